The summed E-state index contributed by atoms with van der Waals surface area (Å²) in [5.41, 5.74) is 7.71. The Bertz CT molecular complexity index is 314. The fraction of sp³-hybridized carbons (Fsp3) is 0.500. The van der Waals surface area contributed by atoms with Gasteiger partial charge in [0.05, 0.1) is 0 Å². The molecule has 0 aliphatic rings. The molecular formula is C12H18FNS. The van der Waals surface area contributed by atoms with E-state index in [1.807, 2.05) is 17.8 Å². The molecule has 3 heteroatoms. The fourth-order valence-corrected chi connectivity index (χ4v) is 2.25. The first-order valence-electron chi connectivity index (χ1n) is 5.24. The predicted molar refractivity (Wildman–Crippen MR) is 65.7 cm³/mol. The van der Waals surface area contributed by atoms with Crippen LogP contribution in [0.1, 0.15) is 30.5 Å². The van der Waals surface area contributed by atoms with E-state index in [9.17, 15) is 4.39 Å². The molecule has 0 saturated carbocycles. The summed E-state index contributed by atoms with van der Waals surface area (Å²) < 4.78 is 13.0. The molecule has 0 bridgehead atoms. The van der Waals surface area contributed by atoms with E-state index in [1.54, 1.807) is 13.0 Å². The number of nitrogens with two attached hydrogens (primary N) is 1. The molecule has 1 rings (SSSR count). The number of rotatable bonds is 5. The zero-order chi connectivity index (χ0) is 11.3. The Labute approximate surface area is 95.2 Å². The van der Waals surface area contributed by atoms with E-state index in [1.165, 1.54) is 12.5 Å². The first-order valence-corrected chi connectivity index (χ1v) is 6.40. The van der Waals surface area contributed by atoms with Crippen LogP contribution in [0, 0.1) is 12.7 Å². The number of halogens is 1. The maximum absolute atomic E-state index is 13.0. The number of hydrogen-bond donors (Lipinski definition) is 1. The Morgan fingerprint density at radius 3 is 2.80 bits per heavy atom. The number of benzene rings is 1. The van der Waals surface area contributed by atoms with Crippen LogP contribution in [-0.4, -0.2) is 11.5 Å². The van der Waals surface area contributed by atoms with Crippen molar-refractivity contribution in [2.45, 2.75) is 26.3 Å². The summed E-state index contributed by atoms with van der Waals surface area (Å²) in [5, 5.41) is 0. The normalized spacial score (nSPS) is 12.8. The van der Waals surface area contributed by atoms with E-state index in [0.717, 1.165) is 17.1 Å². The summed E-state index contributed by atoms with van der Waals surface area (Å²) in [6, 6.07) is 5.13. The van der Waals surface area contributed by atoms with E-state index >= 15 is 0 Å². The summed E-state index contributed by atoms with van der Waals surface area (Å²) in [5.74, 6) is 1.87. The van der Waals surface area contributed by atoms with Crippen molar-refractivity contribution in [2.75, 3.05) is 11.5 Å². The Hall–Kier alpha value is -0.540. The highest BCUT2D eigenvalue weighted by Crippen LogP contribution is 2.19. The standard InChI is InChI=1S/C12H18FNS/c1-3-6-15-8-12(14)10-4-5-11(13)9(2)7-10/h4-5,7,12H,3,6,8,14H2,1-2H3. The van der Waals surface area contributed by atoms with Crippen LogP contribution in [0.5, 0.6) is 0 Å². The lowest BCUT2D eigenvalue weighted by Gasteiger charge is -2.12. The van der Waals surface area contributed by atoms with Crippen LogP contribution in [0.25, 0.3) is 0 Å². The second-order valence-electron chi connectivity index (χ2n) is 3.69. The first kappa shape index (κ1) is 12.5. The summed E-state index contributed by atoms with van der Waals surface area (Å²) in [6.45, 7) is 3.92. The number of thioether (sulfide) groups is 1. The molecule has 2 N–H and O–H groups in total. The molecule has 1 aromatic carbocycles. The van der Waals surface area contributed by atoms with E-state index in [4.69, 9.17) is 5.73 Å². The molecule has 0 heterocycles. The second kappa shape index (κ2) is 6.13. The molecule has 1 unspecified atom stereocenters. The number of hydrogen-bond acceptors (Lipinski definition) is 2. The van der Waals surface area contributed by atoms with E-state index in [-0.39, 0.29) is 11.9 Å². The highest BCUT2D eigenvalue weighted by Gasteiger charge is 2.07. The lowest BCUT2D eigenvalue weighted by Crippen LogP contribution is -2.13. The highest BCUT2D eigenvalue weighted by atomic mass is 32.2. The van der Waals surface area contributed by atoms with Gasteiger partial charge in [0.25, 0.3) is 0 Å². The van der Waals surface area contributed by atoms with Crippen LogP contribution in [-0.2, 0) is 0 Å². The third-order valence-corrected chi connectivity index (χ3v) is 3.55. The minimum absolute atomic E-state index is 0.0147. The molecule has 0 fully saturated rings. The molecule has 0 aliphatic heterocycles. The van der Waals surface area contributed by atoms with Gasteiger partial charge in [-0.1, -0.05) is 19.1 Å². The van der Waals surface area contributed by atoms with Gasteiger partial charge in [-0.2, -0.15) is 11.8 Å². The smallest absolute Gasteiger partial charge is 0.126 e. The SMILES string of the molecule is CCCSCC(N)c1ccc(F)c(C)c1. The van der Waals surface area contributed by atoms with E-state index < -0.39 is 0 Å². The van der Waals surface area contributed by atoms with Crippen LogP contribution in [0.4, 0.5) is 4.39 Å². The summed E-state index contributed by atoms with van der Waals surface area (Å²) >= 11 is 1.85. The highest BCUT2D eigenvalue weighted by molar-refractivity contribution is 7.99. The van der Waals surface area contributed by atoms with E-state index in [2.05, 4.69) is 6.92 Å². The first-order chi connectivity index (χ1) is 7.15. The van der Waals surface area contributed by atoms with E-state index in [0.29, 0.717) is 5.56 Å². The van der Waals surface area contributed by atoms with Gasteiger partial charge in [-0.15, -0.1) is 0 Å². The average molecular weight is 227 g/mol. The van der Waals surface area contributed by atoms with Crippen LogP contribution < -0.4 is 5.73 Å². The van der Waals surface area contributed by atoms with Gasteiger partial charge >= 0.3 is 0 Å². The van der Waals surface area contributed by atoms with Gasteiger partial charge < -0.3 is 5.73 Å². The Morgan fingerprint density at radius 2 is 2.20 bits per heavy atom. The summed E-state index contributed by atoms with van der Waals surface area (Å²) in [6.07, 6.45) is 1.17. The zero-order valence-electron chi connectivity index (χ0n) is 9.29. The topological polar surface area (TPSA) is 26.0 Å². The van der Waals surface area contributed by atoms with Gasteiger partial charge in [-0.3, -0.25) is 0 Å². The van der Waals surface area contributed by atoms with Crippen molar-refractivity contribution >= 4 is 11.8 Å². The van der Waals surface area contributed by atoms with Crippen LogP contribution >= 0.6 is 11.8 Å². The molecule has 0 spiro atoms. The second-order valence-corrected chi connectivity index (χ2v) is 4.84. The third-order valence-electron chi connectivity index (χ3n) is 2.26. The Balaban J connectivity index is 2.57. The molecule has 84 valence electrons. The minimum Gasteiger partial charge on any atom is -0.323 e. The summed E-state index contributed by atoms with van der Waals surface area (Å²) in [4.78, 5) is 0. The van der Waals surface area contributed by atoms with Gasteiger partial charge in [0, 0.05) is 11.8 Å². The molecule has 0 amide bonds. The van der Waals surface area contributed by atoms with Crippen LogP contribution in [0.15, 0.2) is 18.2 Å². The quantitative estimate of drug-likeness (QED) is 0.781. The number of aryl methyl sites for hydroxylation is 1. The van der Waals surface area contributed by atoms with Gasteiger partial charge in [0.15, 0.2) is 0 Å². The molecule has 0 saturated heterocycles. The Kier molecular flexibility index (Phi) is 5.12. The Morgan fingerprint density at radius 1 is 1.47 bits per heavy atom. The lowest BCUT2D eigenvalue weighted by molar-refractivity contribution is 0.616. The predicted octanol–water partition coefficient (Wildman–Crippen LogP) is 3.28. The van der Waals surface area contributed by atoms with Gasteiger partial charge in [-0.05, 0) is 36.3 Å². The molecule has 0 aromatic heterocycles. The van der Waals surface area contributed by atoms with Crippen LogP contribution in [0.3, 0.4) is 0 Å². The van der Waals surface area contributed by atoms with Gasteiger partial charge in [-0.25, -0.2) is 4.39 Å². The molecule has 1 aromatic rings. The third kappa shape index (κ3) is 3.84. The largest absolute Gasteiger partial charge is 0.323 e. The fourth-order valence-electron chi connectivity index (χ4n) is 1.35. The van der Waals surface area contributed by atoms with Crippen molar-refractivity contribution in [2.24, 2.45) is 5.73 Å². The molecule has 1 nitrogen and oxygen atoms in total. The maximum atomic E-state index is 13.0. The molecule has 0 aliphatic carbocycles. The molecule has 15 heavy (non-hydrogen) atoms. The zero-order valence-corrected chi connectivity index (χ0v) is 10.1. The molecule has 0 radical (unpaired) electrons. The van der Waals surface area contributed by atoms with Gasteiger partial charge in [0.1, 0.15) is 5.82 Å². The lowest BCUT2D eigenvalue weighted by atomic mass is 10.1. The van der Waals surface area contributed by atoms with Crippen LogP contribution in [0.2, 0.25) is 0 Å². The van der Waals surface area contributed by atoms with Crippen molar-refractivity contribution in [3.05, 3.63) is 35.1 Å². The monoisotopic (exact) mass is 227 g/mol. The molecule has 1 atom stereocenters. The molecular weight excluding hydrogens is 209 g/mol. The van der Waals surface area contributed by atoms with Crippen molar-refractivity contribution in [1.82, 2.24) is 0 Å². The minimum atomic E-state index is -0.160. The maximum Gasteiger partial charge on any atom is 0.126 e. The van der Waals surface area contributed by atoms with Gasteiger partial charge in [0.2, 0.25) is 0 Å². The van der Waals surface area contributed by atoms with Crippen molar-refractivity contribution in [3.8, 4) is 0 Å². The summed E-state index contributed by atoms with van der Waals surface area (Å²) in [7, 11) is 0. The average Bonchev–Trinajstić information content (AvgIpc) is 2.22. The van der Waals surface area contributed by atoms with Crippen molar-refractivity contribution in [1.29, 1.82) is 0 Å². The van der Waals surface area contributed by atoms with Crippen molar-refractivity contribution in [3.63, 3.8) is 0 Å². The van der Waals surface area contributed by atoms with Crippen molar-refractivity contribution < 1.29 is 4.39 Å².